The average Bonchev–Trinajstić information content (AvgIpc) is 2.81. The lowest BCUT2D eigenvalue weighted by atomic mass is 9.80. The number of hydrogen-bond acceptors (Lipinski definition) is 5. The topological polar surface area (TPSA) is 65.1 Å². The van der Waals surface area contributed by atoms with Gasteiger partial charge < -0.3 is 23.6 Å². The van der Waals surface area contributed by atoms with Gasteiger partial charge in [0.05, 0.1) is 26.2 Å². The predicted octanol–water partition coefficient (Wildman–Crippen LogP) is 5.91. The molecule has 1 amide bonds. The summed E-state index contributed by atoms with van der Waals surface area (Å²) in [5, 5.41) is 0. The van der Waals surface area contributed by atoms with Crippen LogP contribution < -0.4 is 4.74 Å². The zero-order valence-corrected chi connectivity index (χ0v) is 24.3. The third-order valence-electron chi connectivity index (χ3n) is 7.82. The molecule has 1 saturated carbocycles. The minimum Gasteiger partial charge on any atom is -0.482 e. The second-order valence-corrected chi connectivity index (χ2v) is 13.3. The van der Waals surface area contributed by atoms with Gasteiger partial charge in [-0.2, -0.15) is 0 Å². The summed E-state index contributed by atoms with van der Waals surface area (Å²) >= 11 is 0. The highest BCUT2D eigenvalue weighted by Gasteiger charge is 2.41. The van der Waals surface area contributed by atoms with Gasteiger partial charge in [-0.05, 0) is 78.0 Å². The standard InChI is InChI=1S/C30H49N2O5/c1-29(2,3)36-27(33)21-35-26-15-11-23(12-16-26)22-9-13-24(14-10-22)32(7,8)25-17-19-31(20-18-25)28(34)37-30(4,5)6/h11-12,15-16,22,24-25H,9-10,13-14,17-21H2,1-8H3/q+1/t22-,24-. The van der Waals surface area contributed by atoms with Crippen LogP contribution in [-0.4, -0.2) is 78.5 Å². The number of nitrogens with zero attached hydrogens (tertiary/aromatic N) is 2. The van der Waals surface area contributed by atoms with Gasteiger partial charge in [0.15, 0.2) is 6.61 Å². The second-order valence-electron chi connectivity index (χ2n) is 13.3. The number of carbonyl (C=O) groups is 2. The molecule has 1 aromatic carbocycles. The fraction of sp³-hybridized carbons (Fsp3) is 0.733. The van der Waals surface area contributed by atoms with E-state index in [2.05, 4.69) is 26.2 Å². The maximum absolute atomic E-state index is 12.4. The Hall–Kier alpha value is -2.28. The molecule has 0 atom stereocenters. The van der Waals surface area contributed by atoms with E-state index in [1.165, 1.54) is 31.2 Å². The molecule has 0 radical (unpaired) electrons. The molecular formula is C30H49N2O5+. The van der Waals surface area contributed by atoms with Gasteiger partial charge in [0.25, 0.3) is 0 Å². The monoisotopic (exact) mass is 517 g/mol. The van der Waals surface area contributed by atoms with Crippen LogP contribution in [0.2, 0.25) is 0 Å². The zero-order valence-electron chi connectivity index (χ0n) is 24.3. The predicted molar refractivity (Wildman–Crippen MR) is 146 cm³/mol. The van der Waals surface area contributed by atoms with Gasteiger partial charge in [0.1, 0.15) is 17.0 Å². The molecule has 1 aliphatic heterocycles. The summed E-state index contributed by atoms with van der Waals surface area (Å²) in [5.41, 5.74) is 0.391. The van der Waals surface area contributed by atoms with Crippen LogP contribution in [0.25, 0.3) is 0 Å². The first-order chi connectivity index (χ1) is 17.1. The molecule has 0 bridgehead atoms. The molecule has 1 aromatic rings. The van der Waals surface area contributed by atoms with Gasteiger partial charge in [-0.25, -0.2) is 9.59 Å². The first kappa shape index (κ1) is 29.3. The molecule has 1 aliphatic carbocycles. The van der Waals surface area contributed by atoms with Crippen LogP contribution in [0.5, 0.6) is 5.75 Å². The van der Waals surface area contributed by atoms with E-state index in [0.717, 1.165) is 30.4 Å². The number of benzene rings is 1. The summed E-state index contributed by atoms with van der Waals surface area (Å²) in [7, 11) is 4.77. The summed E-state index contributed by atoms with van der Waals surface area (Å²) in [4.78, 5) is 26.2. The Labute approximate surface area is 224 Å². The third kappa shape index (κ3) is 8.62. The van der Waals surface area contributed by atoms with Gasteiger partial charge in [0.2, 0.25) is 0 Å². The van der Waals surface area contributed by atoms with Gasteiger partial charge in [0, 0.05) is 38.8 Å². The van der Waals surface area contributed by atoms with Crippen molar-refractivity contribution in [3.63, 3.8) is 0 Å². The summed E-state index contributed by atoms with van der Waals surface area (Å²) in [6.45, 7) is 12.8. The van der Waals surface area contributed by atoms with Crippen molar-refractivity contribution in [2.75, 3.05) is 33.8 Å². The Kier molecular flexibility index (Phi) is 9.20. The molecule has 2 fully saturated rings. The molecule has 2 aliphatic rings. The quantitative estimate of drug-likeness (QED) is 0.347. The number of piperidine rings is 1. The molecule has 0 spiro atoms. The first-order valence-corrected chi connectivity index (χ1v) is 13.9. The van der Waals surface area contributed by atoms with Crippen LogP contribution in [0, 0.1) is 0 Å². The molecule has 7 nitrogen and oxygen atoms in total. The molecule has 0 N–H and O–H groups in total. The van der Waals surface area contributed by atoms with E-state index in [1.807, 2.05) is 58.6 Å². The van der Waals surface area contributed by atoms with Gasteiger partial charge in [-0.3, -0.25) is 0 Å². The fourth-order valence-electron chi connectivity index (χ4n) is 5.76. The molecule has 1 heterocycles. The number of hydrogen-bond donors (Lipinski definition) is 0. The molecular weight excluding hydrogens is 468 g/mol. The van der Waals surface area contributed by atoms with Crippen LogP contribution >= 0.6 is 0 Å². The summed E-state index contributed by atoms with van der Waals surface area (Å²) in [6.07, 6.45) is 6.65. The minimum atomic E-state index is -0.506. The normalized spacial score (nSPS) is 21.9. The van der Waals surface area contributed by atoms with Crippen LogP contribution in [0.1, 0.15) is 91.5 Å². The number of carbonyl (C=O) groups excluding carboxylic acids is 2. The van der Waals surface area contributed by atoms with E-state index in [1.54, 1.807) is 0 Å². The SMILES string of the molecule is CC(C)(C)OC(=O)COc1ccc([C@H]2CC[C@H]([N+](C)(C)C3CCN(C(=O)OC(C)(C)C)CC3)CC2)cc1. The number of quaternary nitrogens is 1. The van der Waals surface area contributed by atoms with Gasteiger partial charge >= 0.3 is 12.1 Å². The van der Waals surface area contributed by atoms with Crippen molar-refractivity contribution >= 4 is 12.1 Å². The summed E-state index contributed by atoms with van der Waals surface area (Å²) < 4.78 is 17.5. The molecule has 208 valence electrons. The van der Waals surface area contributed by atoms with Crippen LogP contribution in [0.15, 0.2) is 24.3 Å². The summed E-state index contributed by atoms with van der Waals surface area (Å²) in [6, 6.07) is 9.42. The maximum Gasteiger partial charge on any atom is 0.410 e. The first-order valence-electron chi connectivity index (χ1n) is 13.9. The molecule has 1 saturated heterocycles. The third-order valence-corrected chi connectivity index (χ3v) is 7.82. The van der Waals surface area contributed by atoms with E-state index < -0.39 is 11.2 Å². The molecule has 0 aromatic heterocycles. The Bertz CT molecular complexity index is 897. The van der Waals surface area contributed by atoms with Crippen LogP contribution in [0.3, 0.4) is 0 Å². The van der Waals surface area contributed by atoms with Crippen molar-refractivity contribution < 1.29 is 28.3 Å². The smallest absolute Gasteiger partial charge is 0.410 e. The van der Waals surface area contributed by atoms with Gasteiger partial charge in [-0.15, -0.1) is 0 Å². The number of ether oxygens (including phenoxy) is 3. The molecule has 0 unspecified atom stereocenters. The van der Waals surface area contributed by atoms with Gasteiger partial charge in [-0.1, -0.05) is 12.1 Å². The van der Waals surface area contributed by atoms with Crippen molar-refractivity contribution in [3.05, 3.63) is 29.8 Å². The van der Waals surface area contributed by atoms with Crippen LogP contribution in [0.4, 0.5) is 4.79 Å². The zero-order chi connectivity index (χ0) is 27.4. The van der Waals surface area contributed by atoms with Crippen molar-refractivity contribution in [2.45, 2.75) is 109 Å². The number of amides is 1. The maximum atomic E-state index is 12.4. The Balaban J connectivity index is 1.46. The van der Waals surface area contributed by atoms with E-state index in [9.17, 15) is 9.59 Å². The lowest BCUT2D eigenvalue weighted by molar-refractivity contribution is -0.941. The highest BCUT2D eigenvalue weighted by atomic mass is 16.6. The fourth-order valence-corrected chi connectivity index (χ4v) is 5.76. The molecule has 7 heteroatoms. The lowest BCUT2D eigenvalue weighted by Gasteiger charge is -2.49. The Morgan fingerprint density at radius 3 is 1.84 bits per heavy atom. The van der Waals surface area contributed by atoms with E-state index >= 15 is 0 Å². The number of rotatable bonds is 6. The highest BCUT2D eigenvalue weighted by Crippen LogP contribution is 2.38. The molecule has 3 rings (SSSR count). The Morgan fingerprint density at radius 1 is 0.811 bits per heavy atom. The Morgan fingerprint density at radius 2 is 1.32 bits per heavy atom. The number of esters is 1. The van der Waals surface area contributed by atoms with E-state index in [4.69, 9.17) is 14.2 Å². The van der Waals surface area contributed by atoms with E-state index in [0.29, 0.717) is 23.8 Å². The largest absolute Gasteiger partial charge is 0.482 e. The summed E-state index contributed by atoms with van der Waals surface area (Å²) in [5.74, 6) is 0.898. The molecule has 37 heavy (non-hydrogen) atoms. The highest BCUT2D eigenvalue weighted by molar-refractivity contribution is 5.71. The second kappa shape index (κ2) is 11.6. The minimum absolute atomic E-state index is 0.0780. The van der Waals surface area contributed by atoms with Crippen molar-refractivity contribution in [2.24, 2.45) is 0 Å². The van der Waals surface area contributed by atoms with Crippen molar-refractivity contribution in [3.8, 4) is 5.75 Å². The lowest BCUT2D eigenvalue weighted by Crippen LogP contribution is -2.60. The van der Waals surface area contributed by atoms with E-state index in [-0.39, 0.29) is 18.7 Å². The number of likely N-dealkylation sites (tertiary alicyclic amines) is 1. The van der Waals surface area contributed by atoms with Crippen molar-refractivity contribution in [1.29, 1.82) is 0 Å². The van der Waals surface area contributed by atoms with Crippen LogP contribution in [-0.2, 0) is 14.3 Å². The van der Waals surface area contributed by atoms with Crippen molar-refractivity contribution in [1.82, 2.24) is 4.90 Å². The average molecular weight is 518 g/mol.